The van der Waals surface area contributed by atoms with E-state index in [1.165, 1.54) is 12.1 Å². The highest BCUT2D eigenvalue weighted by Gasteiger charge is 2.12. The molecule has 0 spiro atoms. The van der Waals surface area contributed by atoms with Crippen molar-refractivity contribution in [1.29, 1.82) is 0 Å². The number of hydrogen-bond donors (Lipinski definition) is 2. The van der Waals surface area contributed by atoms with Crippen LogP contribution in [0.15, 0.2) is 41.2 Å². The lowest BCUT2D eigenvalue weighted by molar-refractivity contribution is 0.447. The summed E-state index contributed by atoms with van der Waals surface area (Å²) in [6, 6.07) is 9.74. The van der Waals surface area contributed by atoms with Crippen molar-refractivity contribution in [2.45, 2.75) is 0 Å². The maximum absolute atomic E-state index is 13.8. The van der Waals surface area contributed by atoms with Crippen LogP contribution in [0.2, 0.25) is 0 Å². The van der Waals surface area contributed by atoms with Crippen LogP contribution in [-0.2, 0) is 0 Å². The zero-order valence-electron chi connectivity index (χ0n) is 10.0. The van der Waals surface area contributed by atoms with Gasteiger partial charge >= 0.3 is 0 Å². The smallest absolute Gasteiger partial charge is 0.268 e. The van der Waals surface area contributed by atoms with Crippen LogP contribution < -0.4 is 5.56 Å². The van der Waals surface area contributed by atoms with E-state index >= 15 is 0 Å². The van der Waals surface area contributed by atoms with E-state index in [2.05, 4.69) is 9.97 Å². The largest absolute Gasteiger partial charge is 0.492 e. The zero-order valence-corrected chi connectivity index (χ0v) is 12.2. The summed E-state index contributed by atoms with van der Waals surface area (Å²) in [5.74, 6) is -0.469. The first-order valence-corrected chi connectivity index (χ1v) is 6.82. The summed E-state index contributed by atoms with van der Waals surface area (Å²) >= 11 is 1.71. The molecule has 0 bridgehead atoms. The van der Waals surface area contributed by atoms with Gasteiger partial charge in [0.05, 0.1) is 0 Å². The molecule has 4 nitrogen and oxygen atoms in total. The summed E-state index contributed by atoms with van der Waals surface area (Å²) in [6.07, 6.45) is 0. The Morgan fingerprint density at radius 2 is 1.85 bits per heavy atom. The third-order valence-electron chi connectivity index (χ3n) is 2.97. The van der Waals surface area contributed by atoms with Crippen LogP contribution >= 0.6 is 22.6 Å². The van der Waals surface area contributed by atoms with Crippen LogP contribution in [0.5, 0.6) is 5.88 Å². The van der Waals surface area contributed by atoms with Crippen LogP contribution in [0.1, 0.15) is 0 Å². The van der Waals surface area contributed by atoms with Crippen LogP contribution in [0.25, 0.3) is 22.2 Å². The van der Waals surface area contributed by atoms with Gasteiger partial charge in [0, 0.05) is 10.9 Å². The maximum atomic E-state index is 13.8. The Labute approximate surface area is 126 Å². The Bertz CT molecular complexity index is 877. The monoisotopic (exact) mass is 382 g/mol. The van der Waals surface area contributed by atoms with Crippen LogP contribution in [-0.4, -0.2) is 15.1 Å². The number of nitrogens with one attached hydrogen (secondary N) is 1. The van der Waals surface area contributed by atoms with Gasteiger partial charge in [0.1, 0.15) is 15.2 Å². The number of fused-ring (bicyclic) bond motifs is 1. The lowest BCUT2D eigenvalue weighted by Gasteiger charge is -2.07. The fourth-order valence-corrected chi connectivity index (χ4v) is 2.30. The predicted molar refractivity (Wildman–Crippen MR) is 82.1 cm³/mol. The van der Waals surface area contributed by atoms with Crippen LogP contribution in [0.4, 0.5) is 4.39 Å². The summed E-state index contributed by atoms with van der Waals surface area (Å²) in [7, 11) is 0. The zero-order chi connectivity index (χ0) is 14.3. The van der Waals surface area contributed by atoms with Crippen molar-refractivity contribution in [3.05, 3.63) is 56.1 Å². The molecule has 20 heavy (non-hydrogen) atoms. The number of aromatic nitrogens is 2. The highest BCUT2D eigenvalue weighted by atomic mass is 127. The van der Waals surface area contributed by atoms with Gasteiger partial charge < -0.3 is 10.1 Å². The maximum Gasteiger partial charge on any atom is 0.268 e. The fraction of sp³-hybridized carbons (Fsp3) is 0. The number of hydrogen-bond acceptors (Lipinski definition) is 3. The lowest BCUT2D eigenvalue weighted by Crippen LogP contribution is -2.12. The number of nitrogens with zero attached hydrogens (tertiary/aromatic N) is 1. The van der Waals surface area contributed by atoms with Crippen molar-refractivity contribution in [3.63, 3.8) is 0 Å². The normalized spacial score (nSPS) is 10.9. The van der Waals surface area contributed by atoms with E-state index in [-0.39, 0.29) is 21.1 Å². The number of aromatic amines is 1. The molecule has 0 atom stereocenters. The summed E-state index contributed by atoms with van der Waals surface area (Å²) < 4.78 is 13.9. The van der Waals surface area contributed by atoms with E-state index in [0.717, 1.165) is 0 Å². The minimum atomic E-state index is -0.429. The highest BCUT2D eigenvalue weighted by molar-refractivity contribution is 14.1. The quantitative estimate of drug-likeness (QED) is 0.636. The molecule has 6 heteroatoms. The Morgan fingerprint density at radius 1 is 1.15 bits per heavy atom. The standard InChI is InChI=1S/C14H8FIN2O2/c15-10-6-5-9(7-3-1-2-4-8(7)10)12-17-13(19)11(16)14(20)18-12/h1-6H,(H2,17,18,19,20). The first kappa shape index (κ1) is 13.0. The molecule has 2 N–H and O–H groups in total. The minimum absolute atomic E-state index is 0.123. The average molecular weight is 382 g/mol. The van der Waals surface area contributed by atoms with Gasteiger partial charge in [-0.1, -0.05) is 24.3 Å². The van der Waals surface area contributed by atoms with Gasteiger partial charge in [0.25, 0.3) is 5.56 Å². The van der Waals surface area contributed by atoms with Gasteiger partial charge in [-0.2, -0.15) is 4.98 Å². The molecule has 3 rings (SSSR count). The van der Waals surface area contributed by atoms with E-state index in [1.54, 1.807) is 46.9 Å². The molecule has 0 aliphatic carbocycles. The van der Waals surface area contributed by atoms with Crippen molar-refractivity contribution in [3.8, 4) is 17.3 Å². The van der Waals surface area contributed by atoms with Gasteiger partial charge in [0.2, 0.25) is 5.88 Å². The Balaban J connectivity index is 2.36. The second-order valence-corrected chi connectivity index (χ2v) is 5.27. The van der Waals surface area contributed by atoms with Gasteiger partial charge in [-0.15, -0.1) is 0 Å². The predicted octanol–water partition coefficient (Wildman–Crippen LogP) is 3.04. The number of aromatic hydroxyl groups is 1. The van der Waals surface area contributed by atoms with E-state index in [9.17, 15) is 14.3 Å². The first-order valence-electron chi connectivity index (χ1n) is 5.74. The topological polar surface area (TPSA) is 66.0 Å². The van der Waals surface area contributed by atoms with E-state index < -0.39 is 5.56 Å². The van der Waals surface area contributed by atoms with Gasteiger partial charge in [-0.3, -0.25) is 4.79 Å². The molecule has 0 unspecified atom stereocenters. The Kier molecular flexibility index (Phi) is 3.17. The summed E-state index contributed by atoms with van der Waals surface area (Å²) in [6.45, 7) is 0. The third kappa shape index (κ3) is 2.05. The van der Waals surface area contributed by atoms with E-state index in [0.29, 0.717) is 16.3 Å². The van der Waals surface area contributed by atoms with Gasteiger partial charge in [-0.25, -0.2) is 4.39 Å². The average Bonchev–Trinajstić information content (AvgIpc) is 2.45. The molecule has 0 aliphatic rings. The number of H-pyrrole nitrogens is 1. The third-order valence-corrected chi connectivity index (χ3v) is 3.94. The lowest BCUT2D eigenvalue weighted by atomic mass is 10.0. The summed E-state index contributed by atoms with van der Waals surface area (Å²) in [5.41, 5.74) is 0.132. The first-order chi connectivity index (χ1) is 9.58. The Morgan fingerprint density at radius 3 is 2.55 bits per heavy atom. The molecular weight excluding hydrogens is 374 g/mol. The number of rotatable bonds is 1. The van der Waals surface area contributed by atoms with Gasteiger partial charge in [-0.05, 0) is 40.1 Å². The molecule has 0 saturated heterocycles. The van der Waals surface area contributed by atoms with Crippen LogP contribution in [0.3, 0.4) is 0 Å². The molecule has 0 saturated carbocycles. The molecule has 0 aliphatic heterocycles. The second kappa shape index (κ2) is 4.86. The molecule has 1 aromatic heterocycles. The van der Waals surface area contributed by atoms with Crippen molar-refractivity contribution in [2.24, 2.45) is 0 Å². The van der Waals surface area contributed by atoms with Crippen molar-refractivity contribution < 1.29 is 9.50 Å². The molecule has 0 radical (unpaired) electrons. The SMILES string of the molecule is O=c1[nH]c(-c2ccc(F)c3ccccc23)nc(O)c1I. The van der Waals surface area contributed by atoms with Crippen molar-refractivity contribution >= 4 is 33.4 Å². The fourth-order valence-electron chi connectivity index (χ4n) is 2.04. The van der Waals surface area contributed by atoms with E-state index in [1.807, 2.05) is 0 Å². The molecule has 100 valence electrons. The molecule has 0 amide bonds. The second-order valence-electron chi connectivity index (χ2n) is 4.19. The van der Waals surface area contributed by atoms with Crippen LogP contribution in [0, 0.1) is 9.39 Å². The minimum Gasteiger partial charge on any atom is -0.492 e. The highest BCUT2D eigenvalue weighted by Crippen LogP contribution is 2.28. The molecule has 2 aromatic carbocycles. The molecular formula is C14H8FIN2O2. The Hall–Kier alpha value is -1.96. The van der Waals surface area contributed by atoms with Crippen molar-refractivity contribution in [1.82, 2.24) is 9.97 Å². The van der Waals surface area contributed by atoms with Crippen molar-refractivity contribution in [2.75, 3.05) is 0 Å². The van der Waals surface area contributed by atoms with E-state index in [4.69, 9.17) is 0 Å². The van der Waals surface area contributed by atoms with Gasteiger partial charge in [0.15, 0.2) is 0 Å². The molecule has 3 aromatic rings. The molecule has 0 fully saturated rings. The summed E-state index contributed by atoms with van der Waals surface area (Å²) in [4.78, 5) is 18.2. The molecule has 1 heterocycles. The summed E-state index contributed by atoms with van der Waals surface area (Å²) in [5, 5.41) is 10.7. The number of halogens is 2. The number of benzene rings is 2.